The van der Waals surface area contributed by atoms with Gasteiger partial charge in [-0.1, -0.05) is 42.5 Å². The Hall–Kier alpha value is -2.29. The Balaban J connectivity index is 1.79. The number of fused-ring (bicyclic) bond motifs is 1. The summed E-state index contributed by atoms with van der Waals surface area (Å²) in [4.78, 5) is 0. The summed E-state index contributed by atoms with van der Waals surface area (Å²) in [5.41, 5.74) is 1.19. The van der Waals surface area contributed by atoms with Crippen LogP contribution in [0, 0.1) is 0 Å². The van der Waals surface area contributed by atoms with E-state index >= 15 is 0 Å². The van der Waals surface area contributed by atoms with Crippen molar-refractivity contribution in [3.63, 3.8) is 0 Å². The van der Waals surface area contributed by atoms with Crippen LogP contribution < -0.4 is 4.74 Å². The molecule has 102 valence electrons. The first-order valence-corrected chi connectivity index (χ1v) is 6.87. The van der Waals surface area contributed by atoms with Crippen LogP contribution in [0.4, 0.5) is 0 Å². The Labute approximate surface area is 118 Å². The summed E-state index contributed by atoms with van der Waals surface area (Å²) >= 11 is 0. The lowest BCUT2D eigenvalue weighted by atomic mass is 10.1. The number of hydrogen-bond donors (Lipinski definition) is 0. The van der Waals surface area contributed by atoms with Gasteiger partial charge in [0.05, 0.1) is 12.4 Å². The largest absolute Gasteiger partial charge is 0.486 e. The molecule has 0 aliphatic carbocycles. The smallest absolute Gasteiger partial charge is 0.157 e. The Morgan fingerprint density at radius 1 is 1.10 bits per heavy atom. The van der Waals surface area contributed by atoms with E-state index in [1.165, 1.54) is 16.3 Å². The number of rotatable bonds is 4. The van der Waals surface area contributed by atoms with E-state index in [-0.39, 0.29) is 0 Å². The minimum absolute atomic E-state index is 0.352. The van der Waals surface area contributed by atoms with Crippen LogP contribution in [0.1, 0.15) is 25.5 Å². The van der Waals surface area contributed by atoms with Crippen molar-refractivity contribution in [3.05, 3.63) is 60.4 Å². The third kappa shape index (κ3) is 2.52. The van der Waals surface area contributed by atoms with E-state index in [1.54, 1.807) is 6.20 Å². The van der Waals surface area contributed by atoms with Crippen molar-refractivity contribution in [3.8, 4) is 5.75 Å². The van der Waals surface area contributed by atoms with Crippen LogP contribution in [0.15, 0.2) is 54.9 Å². The molecule has 1 heterocycles. The third-order valence-corrected chi connectivity index (χ3v) is 3.38. The van der Waals surface area contributed by atoms with E-state index in [4.69, 9.17) is 4.74 Å². The second kappa shape index (κ2) is 5.37. The van der Waals surface area contributed by atoms with Gasteiger partial charge in [0.2, 0.25) is 0 Å². The molecule has 0 saturated heterocycles. The van der Waals surface area contributed by atoms with Gasteiger partial charge in [0.25, 0.3) is 0 Å². The highest BCUT2D eigenvalue weighted by atomic mass is 16.5. The summed E-state index contributed by atoms with van der Waals surface area (Å²) in [7, 11) is 0. The number of hydrogen-bond acceptors (Lipinski definition) is 2. The van der Waals surface area contributed by atoms with E-state index in [2.05, 4.69) is 61.4 Å². The lowest BCUT2D eigenvalue weighted by molar-refractivity contribution is 0.307. The van der Waals surface area contributed by atoms with Crippen LogP contribution in [0.5, 0.6) is 5.75 Å². The van der Waals surface area contributed by atoms with Crippen molar-refractivity contribution in [2.45, 2.75) is 26.5 Å². The molecule has 0 saturated carbocycles. The van der Waals surface area contributed by atoms with Crippen molar-refractivity contribution >= 4 is 10.8 Å². The van der Waals surface area contributed by atoms with Gasteiger partial charge in [-0.25, -0.2) is 0 Å². The molecular weight excluding hydrogens is 248 g/mol. The maximum Gasteiger partial charge on any atom is 0.157 e. The Morgan fingerprint density at radius 3 is 2.70 bits per heavy atom. The molecule has 2 aromatic carbocycles. The van der Waals surface area contributed by atoms with E-state index < -0.39 is 0 Å². The fraction of sp³-hybridized carbons (Fsp3) is 0.235. The number of benzene rings is 2. The van der Waals surface area contributed by atoms with Crippen LogP contribution in [-0.4, -0.2) is 9.78 Å². The summed E-state index contributed by atoms with van der Waals surface area (Å²) in [6, 6.07) is 15.0. The second-order valence-electron chi connectivity index (χ2n) is 5.18. The van der Waals surface area contributed by atoms with Crippen molar-refractivity contribution < 1.29 is 4.74 Å². The monoisotopic (exact) mass is 266 g/mol. The molecule has 0 unspecified atom stereocenters. The van der Waals surface area contributed by atoms with Crippen molar-refractivity contribution in [2.24, 2.45) is 0 Å². The van der Waals surface area contributed by atoms with Gasteiger partial charge in [0.15, 0.2) is 5.75 Å². The number of nitrogens with zero attached hydrogens (tertiary/aromatic N) is 2. The summed E-state index contributed by atoms with van der Waals surface area (Å²) < 4.78 is 7.75. The first-order valence-electron chi connectivity index (χ1n) is 6.87. The fourth-order valence-corrected chi connectivity index (χ4v) is 2.26. The Morgan fingerprint density at radius 2 is 1.90 bits per heavy atom. The average Bonchev–Trinajstić information content (AvgIpc) is 2.94. The standard InChI is InChI=1S/C17H18N2O/c1-13(2)19-11-16(10-18-19)20-12-15-8-5-7-14-6-3-4-9-17(14)15/h3-11,13H,12H2,1-2H3. The fourth-order valence-electron chi connectivity index (χ4n) is 2.26. The molecule has 3 heteroatoms. The predicted octanol–water partition coefficient (Wildman–Crippen LogP) is 4.20. The first-order chi connectivity index (χ1) is 9.74. The third-order valence-electron chi connectivity index (χ3n) is 3.38. The zero-order valence-electron chi connectivity index (χ0n) is 11.8. The molecule has 20 heavy (non-hydrogen) atoms. The van der Waals surface area contributed by atoms with Gasteiger partial charge in [-0.2, -0.15) is 5.10 Å². The van der Waals surface area contributed by atoms with Gasteiger partial charge < -0.3 is 4.74 Å². The molecule has 0 spiro atoms. The van der Waals surface area contributed by atoms with Crippen LogP contribution >= 0.6 is 0 Å². The molecule has 0 aliphatic heterocycles. The zero-order valence-corrected chi connectivity index (χ0v) is 11.8. The average molecular weight is 266 g/mol. The maximum absolute atomic E-state index is 5.85. The highest BCUT2D eigenvalue weighted by molar-refractivity contribution is 5.85. The lowest BCUT2D eigenvalue weighted by Crippen LogP contribution is -2.00. The van der Waals surface area contributed by atoms with Crippen molar-refractivity contribution in [1.29, 1.82) is 0 Å². The highest BCUT2D eigenvalue weighted by Crippen LogP contribution is 2.21. The highest BCUT2D eigenvalue weighted by Gasteiger charge is 2.04. The number of aromatic nitrogens is 2. The molecule has 0 aliphatic rings. The summed E-state index contributed by atoms with van der Waals surface area (Å²) in [6.45, 7) is 4.76. The summed E-state index contributed by atoms with van der Waals surface area (Å²) in [6.07, 6.45) is 3.71. The Kier molecular flexibility index (Phi) is 3.42. The van der Waals surface area contributed by atoms with Gasteiger partial charge in [0, 0.05) is 6.04 Å². The van der Waals surface area contributed by atoms with Gasteiger partial charge in [0.1, 0.15) is 6.61 Å². The molecule has 0 bridgehead atoms. The molecule has 0 fully saturated rings. The van der Waals surface area contributed by atoms with Crippen LogP contribution in [0.3, 0.4) is 0 Å². The van der Waals surface area contributed by atoms with E-state index in [9.17, 15) is 0 Å². The van der Waals surface area contributed by atoms with E-state index in [0.717, 1.165) is 5.75 Å². The van der Waals surface area contributed by atoms with Crippen molar-refractivity contribution in [1.82, 2.24) is 9.78 Å². The van der Waals surface area contributed by atoms with Gasteiger partial charge in [-0.3, -0.25) is 4.68 Å². The summed E-state index contributed by atoms with van der Waals surface area (Å²) in [5, 5.41) is 6.77. The lowest BCUT2D eigenvalue weighted by Gasteiger charge is -2.07. The topological polar surface area (TPSA) is 27.1 Å². The molecule has 3 rings (SSSR count). The first kappa shape index (κ1) is 12.7. The van der Waals surface area contributed by atoms with Crippen LogP contribution in [0.2, 0.25) is 0 Å². The van der Waals surface area contributed by atoms with Gasteiger partial charge in [-0.05, 0) is 30.2 Å². The molecule has 0 atom stereocenters. The van der Waals surface area contributed by atoms with E-state index in [1.807, 2.05) is 10.9 Å². The minimum Gasteiger partial charge on any atom is -0.486 e. The zero-order chi connectivity index (χ0) is 13.9. The molecule has 1 aromatic heterocycles. The molecule has 0 radical (unpaired) electrons. The van der Waals surface area contributed by atoms with E-state index in [0.29, 0.717) is 12.6 Å². The second-order valence-corrected chi connectivity index (χ2v) is 5.18. The molecule has 0 amide bonds. The minimum atomic E-state index is 0.352. The molecule has 0 N–H and O–H groups in total. The predicted molar refractivity (Wildman–Crippen MR) is 80.9 cm³/mol. The van der Waals surface area contributed by atoms with Gasteiger partial charge >= 0.3 is 0 Å². The molecular formula is C17H18N2O. The maximum atomic E-state index is 5.85. The molecule has 3 nitrogen and oxygen atoms in total. The molecule has 3 aromatic rings. The van der Waals surface area contributed by atoms with Crippen molar-refractivity contribution in [2.75, 3.05) is 0 Å². The number of ether oxygens (including phenoxy) is 1. The SMILES string of the molecule is CC(C)n1cc(OCc2cccc3ccccc23)cn1. The quantitative estimate of drug-likeness (QED) is 0.707. The van der Waals surface area contributed by atoms with Crippen LogP contribution in [0.25, 0.3) is 10.8 Å². The van der Waals surface area contributed by atoms with Crippen LogP contribution in [-0.2, 0) is 6.61 Å². The summed E-state index contributed by atoms with van der Waals surface area (Å²) in [5.74, 6) is 0.812. The van der Waals surface area contributed by atoms with Gasteiger partial charge in [-0.15, -0.1) is 0 Å². The normalized spacial score (nSPS) is 11.2. The Bertz CT molecular complexity index is 710.